The monoisotopic (exact) mass is 211 g/mol. The van der Waals surface area contributed by atoms with Crippen LogP contribution in [0.15, 0.2) is 12.4 Å². The summed E-state index contributed by atoms with van der Waals surface area (Å²) in [7, 11) is 0. The summed E-state index contributed by atoms with van der Waals surface area (Å²) in [6, 6.07) is 0.412. The number of rotatable bonds is 6. The zero-order valence-corrected chi connectivity index (χ0v) is 10.0. The van der Waals surface area contributed by atoms with Crippen molar-refractivity contribution in [3.05, 3.63) is 18.0 Å². The van der Waals surface area contributed by atoms with E-state index in [4.69, 9.17) is 4.84 Å². The molecule has 0 saturated carbocycles. The molecule has 0 radical (unpaired) electrons. The predicted molar refractivity (Wildman–Crippen MR) is 60.2 cm³/mol. The van der Waals surface area contributed by atoms with Crippen molar-refractivity contribution in [2.75, 3.05) is 6.61 Å². The molecule has 0 aliphatic rings. The lowest BCUT2D eigenvalue weighted by atomic mass is 10.2. The van der Waals surface area contributed by atoms with Crippen LogP contribution in [0.2, 0.25) is 0 Å². The van der Waals surface area contributed by atoms with Crippen LogP contribution in [0.4, 0.5) is 0 Å². The average Bonchev–Trinajstić information content (AvgIpc) is 2.60. The smallest absolute Gasteiger partial charge is 0.0705 e. The van der Waals surface area contributed by atoms with Gasteiger partial charge in [-0.1, -0.05) is 13.8 Å². The number of hydroxylamine groups is 1. The van der Waals surface area contributed by atoms with Gasteiger partial charge >= 0.3 is 0 Å². The number of hydrogen-bond donors (Lipinski definition) is 1. The zero-order chi connectivity index (χ0) is 11.3. The van der Waals surface area contributed by atoms with Gasteiger partial charge in [0, 0.05) is 24.3 Å². The molecule has 0 aromatic carbocycles. The van der Waals surface area contributed by atoms with Gasteiger partial charge in [0.05, 0.1) is 12.8 Å². The van der Waals surface area contributed by atoms with Crippen molar-refractivity contribution in [2.45, 2.75) is 40.3 Å². The minimum Gasteiger partial charge on any atom is -0.301 e. The van der Waals surface area contributed by atoms with Crippen LogP contribution in [0.1, 0.15) is 39.3 Å². The lowest BCUT2D eigenvalue weighted by Crippen LogP contribution is -2.17. The van der Waals surface area contributed by atoms with E-state index in [9.17, 15) is 0 Å². The van der Waals surface area contributed by atoms with E-state index < -0.39 is 0 Å². The van der Waals surface area contributed by atoms with Crippen LogP contribution in [-0.2, 0) is 11.4 Å². The van der Waals surface area contributed by atoms with Crippen molar-refractivity contribution in [3.8, 4) is 0 Å². The second-order valence-corrected chi connectivity index (χ2v) is 4.45. The summed E-state index contributed by atoms with van der Waals surface area (Å²) in [4.78, 5) is 5.28. The third-order valence-electron chi connectivity index (χ3n) is 1.98. The van der Waals surface area contributed by atoms with E-state index >= 15 is 0 Å². The number of nitrogens with one attached hydrogen (secondary N) is 1. The van der Waals surface area contributed by atoms with Gasteiger partial charge in [-0.2, -0.15) is 10.6 Å². The van der Waals surface area contributed by atoms with Crippen LogP contribution < -0.4 is 5.48 Å². The Morgan fingerprint density at radius 1 is 1.40 bits per heavy atom. The van der Waals surface area contributed by atoms with E-state index in [0.717, 1.165) is 12.2 Å². The molecule has 1 aromatic rings. The topological polar surface area (TPSA) is 39.1 Å². The fourth-order valence-corrected chi connectivity index (χ4v) is 1.11. The van der Waals surface area contributed by atoms with Crippen molar-refractivity contribution in [1.82, 2.24) is 15.3 Å². The maximum absolute atomic E-state index is 5.28. The van der Waals surface area contributed by atoms with Gasteiger partial charge in [-0.25, -0.2) is 0 Å². The SMILES string of the molecule is CC(C)CONCc1cnn(C(C)C)c1. The molecule has 4 nitrogen and oxygen atoms in total. The first-order valence-corrected chi connectivity index (χ1v) is 5.47. The van der Waals surface area contributed by atoms with Gasteiger partial charge in [0.1, 0.15) is 0 Å². The highest BCUT2D eigenvalue weighted by atomic mass is 16.6. The van der Waals surface area contributed by atoms with Gasteiger partial charge in [-0.05, 0) is 19.8 Å². The molecule has 86 valence electrons. The lowest BCUT2D eigenvalue weighted by Gasteiger charge is -2.06. The molecule has 0 fully saturated rings. The van der Waals surface area contributed by atoms with E-state index in [2.05, 4.69) is 38.3 Å². The van der Waals surface area contributed by atoms with Crippen LogP contribution in [-0.4, -0.2) is 16.4 Å². The molecule has 15 heavy (non-hydrogen) atoms. The molecule has 1 rings (SSSR count). The minimum atomic E-state index is 0.412. The first kappa shape index (κ1) is 12.2. The van der Waals surface area contributed by atoms with Crippen LogP contribution in [0.5, 0.6) is 0 Å². The Labute approximate surface area is 91.6 Å². The summed E-state index contributed by atoms with van der Waals surface area (Å²) in [6.07, 6.45) is 3.90. The molecule has 1 aromatic heterocycles. The van der Waals surface area contributed by atoms with Crippen molar-refractivity contribution in [3.63, 3.8) is 0 Å². The van der Waals surface area contributed by atoms with Crippen LogP contribution in [0.3, 0.4) is 0 Å². The van der Waals surface area contributed by atoms with Crippen LogP contribution in [0, 0.1) is 5.92 Å². The van der Waals surface area contributed by atoms with E-state index in [0.29, 0.717) is 18.5 Å². The molecule has 0 aliphatic carbocycles. The highest BCUT2D eigenvalue weighted by Gasteiger charge is 2.01. The Kier molecular flexibility index (Phi) is 4.78. The summed E-state index contributed by atoms with van der Waals surface area (Å²) in [5.41, 5.74) is 4.08. The molecule has 0 spiro atoms. The predicted octanol–water partition coefficient (Wildman–Crippen LogP) is 2.14. The molecule has 0 atom stereocenters. The quantitative estimate of drug-likeness (QED) is 0.579. The molecule has 0 unspecified atom stereocenters. The number of nitrogens with zero attached hydrogens (tertiary/aromatic N) is 2. The standard InChI is InChI=1S/C11H21N3O/c1-9(2)8-15-13-6-11-5-12-14(7-11)10(3)4/h5,7,9-10,13H,6,8H2,1-4H3. The van der Waals surface area contributed by atoms with E-state index in [1.165, 1.54) is 0 Å². The highest BCUT2D eigenvalue weighted by Crippen LogP contribution is 2.04. The van der Waals surface area contributed by atoms with Gasteiger partial charge in [0.2, 0.25) is 0 Å². The molecular formula is C11H21N3O. The summed E-state index contributed by atoms with van der Waals surface area (Å²) in [6.45, 7) is 9.91. The molecule has 1 N–H and O–H groups in total. The third-order valence-corrected chi connectivity index (χ3v) is 1.98. The van der Waals surface area contributed by atoms with E-state index in [1.807, 2.05) is 17.1 Å². The first-order valence-electron chi connectivity index (χ1n) is 5.47. The van der Waals surface area contributed by atoms with E-state index in [1.54, 1.807) is 0 Å². The van der Waals surface area contributed by atoms with Crippen LogP contribution in [0.25, 0.3) is 0 Å². The van der Waals surface area contributed by atoms with Gasteiger partial charge in [-0.15, -0.1) is 0 Å². The van der Waals surface area contributed by atoms with Gasteiger partial charge in [0.25, 0.3) is 0 Å². The largest absolute Gasteiger partial charge is 0.301 e. The number of aromatic nitrogens is 2. The number of hydrogen-bond acceptors (Lipinski definition) is 3. The molecule has 4 heteroatoms. The fraction of sp³-hybridized carbons (Fsp3) is 0.727. The summed E-state index contributed by atoms with van der Waals surface area (Å²) in [5.74, 6) is 0.552. The maximum atomic E-state index is 5.28. The second-order valence-electron chi connectivity index (χ2n) is 4.45. The van der Waals surface area contributed by atoms with E-state index in [-0.39, 0.29) is 0 Å². The Balaban J connectivity index is 2.26. The van der Waals surface area contributed by atoms with Crippen molar-refractivity contribution in [1.29, 1.82) is 0 Å². The summed E-state index contributed by atoms with van der Waals surface area (Å²) in [5, 5.41) is 4.25. The highest BCUT2D eigenvalue weighted by molar-refractivity contribution is 5.03. The molecule has 0 saturated heterocycles. The fourth-order valence-electron chi connectivity index (χ4n) is 1.11. The lowest BCUT2D eigenvalue weighted by molar-refractivity contribution is 0.0196. The van der Waals surface area contributed by atoms with Crippen molar-refractivity contribution < 1.29 is 4.84 Å². The summed E-state index contributed by atoms with van der Waals surface area (Å²) < 4.78 is 1.94. The Bertz CT molecular complexity index is 281. The van der Waals surface area contributed by atoms with Crippen molar-refractivity contribution >= 4 is 0 Å². The Morgan fingerprint density at radius 3 is 2.67 bits per heavy atom. The second kappa shape index (κ2) is 5.88. The molecule has 1 heterocycles. The molecule has 0 aliphatic heterocycles. The molecular weight excluding hydrogens is 190 g/mol. The maximum Gasteiger partial charge on any atom is 0.0705 e. The molecule has 0 bridgehead atoms. The summed E-state index contributed by atoms with van der Waals surface area (Å²) >= 11 is 0. The van der Waals surface area contributed by atoms with Gasteiger partial charge < -0.3 is 4.84 Å². The van der Waals surface area contributed by atoms with Gasteiger partial charge in [-0.3, -0.25) is 4.68 Å². The third kappa shape index (κ3) is 4.44. The van der Waals surface area contributed by atoms with Crippen LogP contribution >= 0.6 is 0 Å². The van der Waals surface area contributed by atoms with Crippen molar-refractivity contribution in [2.24, 2.45) is 5.92 Å². The van der Waals surface area contributed by atoms with Gasteiger partial charge in [0.15, 0.2) is 0 Å². The normalized spacial score (nSPS) is 11.6. The average molecular weight is 211 g/mol. The Morgan fingerprint density at radius 2 is 2.13 bits per heavy atom. The molecule has 0 amide bonds. The minimum absolute atomic E-state index is 0.412. The zero-order valence-electron chi connectivity index (χ0n) is 10.0. The Hall–Kier alpha value is -0.870. The first-order chi connectivity index (χ1) is 7.09.